The Kier molecular flexibility index (Phi) is 5.99. The van der Waals surface area contributed by atoms with Crippen LogP contribution in [0.3, 0.4) is 0 Å². The Hall–Kier alpha value is -3.14. The highest BCUT2D eigenvalue weighted by atomic mass is 16.1. The van der Waals surface area contributed by atoms with Gasteiger partial charge in [-0.3, -0.25) is 9.78 Å². The van der Waals surface area contributed by atoms with Gasteiger partial charge in [-0.15, -0.1) is 0 Å². The number of pyridine rings is 1. The first-order chi connectivity index (χ1) is 12.7. The zero-order valence-electron chi connectivity index (χ0n) is 14.9. The third-order valence-electron chi connectivity index (χ3n) is 4.14. The van der Waals surface area contributed by atoms with E-state index in [1.165, 1.54) is 0 Å². The molecule has 2 N–H and O–H groups in total. The number of aryl methyl sites for hydroxylation is 1. The minimum absolute atomic E-state index is 0.0747. The molecule has 0 spiro atoms. The van der Waals surface area contributed by atoms with Crippen LogP contribution >= 0.6 is 0 Å². The van der Waals surface area contributed by atoms with Crippen molar-refractivity contribution in [3.8, 4) is 11.3 Å². The lowest BCUT2D eigenvalue weighted by Gasteiger charge is -2.10. The quantitative estimate of drug-likeness (QED) is 0.628. The highest BCUT2D eigenvalue weighted by Crippen LogP contribution is 2.18. The van der Waals surface area contributed by atoms with Gasteiger partial charge in [0.15, 0.2) is 0 Å². The second-order valence-electron chi connectivity index (χ2n) is 6.10. The van der Waals surface area contributed by atoms with Crippen LogP contribution in [0.15, 0.2) is 72.8 Å². The number of benzene rings is 2. The standard InChI is InChI=1S/C22H23N3O/c1-17-20(13-14-21(25-17)18-9-4-2-5-10-18)22(26)24-16-8-15-23-19-11-6-3-7-12-19/h2-7,9-14,23H,8,15-16H2,1H3,(H,24,26). The average Bonchev–Trinajstić information content (AvgIpc) is 2.69. The van der Waals surface area contributed by atoms with Gasteiger partial charge in [0.2, 0.25) is 0 Å². The van der Waals surface area contributed by atoms with Crippen LogP contribution in [-0.4, -0.2) is 24.0 Å². The molecule has 0 aliphatic carbocycles. The zero-order chi connectivity index (χ0) is 18.2. The fourth-order valence-corrected chi connectivity index (χ4v) is 2.74. The molecule has 1 heterocycles. The fourth-order valence-electron chi connectivity index (χ4n) is 2.74. The second kappa shape index (κ2) is 8.81. The van der Waals surface area contributed by atoms with E-state index in [9.17, 15) is 4.79 Å². The highest BCUT2D eigenvalue weighted by molar-refractivity contribution is 5.95. The van der Waals surface area contributed by atoms with Crippen molar-refractivity contribution < 1.29 is 4.79 Å². The number of anilines is 1. The van der Waals surface area contributed by atoms with Crippen molar-refractivity contribution >= 4 is 11.6 Å². The van der Waals surface area contributed by atoms with E-state index in [0.717, 1.165) is 35.6 Å². The van der Waals surface area contributed by atoms with Crippen LogP contribution in [0.4, 0.5) is 5.69 Å². The molecule has 1 amide bonds. The van der Waals surface area contributed by atoms with Gasteiger partial charge in [0.1, 0.15) is 0 Å². The maximum Gasteiger partial charge on any atom is 0.253 e. The molecule has 26 heavy (non-hydrogen) atoms. The number of nitrogens with zero attached hydrogens (tertiary/aromatic N) is 1. The van der Waals surface area contributed by atoms with Gasteiger partial charge in [-0.1, -0.05) is 48.5 Å². The van der Waals surface area contributed by atoms with Crippen molar-refractivity contribution in [1.29, 1.82) is 0 Å². The first kappa shape index (κ1) is 17.7. The molecule has 1 aromatic heterocycles. The van der Waals surface area contributed by atoms with Crippen LogP contribution in [0.1, 0.15) is 22.5 Å². The summed E-state index contributed by atoms with van der Waals surface area (Å²) in [6, 6.07) is 23.8. The van der Waals surface area contributed by atoms with E-state index in [2.05, 4.69) is 15.6 Å². The molecule has 0 saturated carbocycles. The molecule has 4 nitrogen and oxygen atoms in total. The molecule has 0 aliphatic rings. The second-order valence-corrected chi connectivity index (χ2v) is 6.10. The van der Waals surface area contributed by atoms with E-state index in [0.29, 0.717) is 12.1 Å². The lowest BCUT2D eigenvalue weighted by Crippen LogP contribution is -2.26. The summed E-state index contributed by atoms with van der Waals surface area (Å²) in [6.45, 7) is 3.31. The summed E-state index contributed by atoms with van der Waals surface area (Å²) in [6.07, 6.45) is 0.856. The summed E-state index contributed by atoms with van der Waals surface area (Å²) < 4.78 is 0. The number of hydrogen-bond acceptors (Lipinski definition) is 3. The van der Waals surface area contributed by atoms with Gasteiger partial charge in [0.25, 0.3) is 5.91 Å². The Morgan fingerprint density at radius 2 is 1.58 bits per heavy atom. The van der Waals surface area contributed by atoms with E-state index in [-0.39, 0.29) is 5.91 Å². The van der Waals surface area contributed by atoms with Crippen molar-refractivity contribution in [2.75, 3.05) is 18.4 Å². The monoisotopic (exact) mass is 345 g/mol. The Morgan fingerprint density at radius 1 is 0.885 bits per heavy atom. The number of rotatable bonds is 7. The molecule has 2 aromatic carbocycles. The maximum absolute atomic E-state index is 12.4. The summed E-state index contributed by atoms with van der Waals surface area (Å²) >= 11 is 0. The van der Waals surface area contributed by atoms with Crippen molar-refractivity contribution in [1.82, 2.24) is 10.3 Å². The van der Waals surface area contributed by atoms with Crippen molar-refractivity contribution in [2.45, 2.75) is 13.3 Å². The van der Waals surface area contributed by atoms with Crippen LogP contribution in [0.25, 0.3) is 11.3 Å². The number of amides is 1. The SMILES string of the molecule is Cc1nc(-c2ccccc2)ccc1C(=O)NCCCNc1ccccc1. The summed E-state index contributed by atoms with van der Waals surface area (Å²) in [5.74, 6) is -0.0747. The largest absolute Gasteiger partial charge is 0.385 e. The van der Waals surface area contributed by atoms with E-state index >= 15 is 0 Å². The molecule has 0 saturated heterocycles. The first-order valence-electron chi connectivity index (χ1n) is 8.84. The van der Waals surface area contributed by atoms with Gasteiger partial charge >= 0.3 is 0 Å². The number of para-hydroxylation sites is 1. The van der Waals surface area contributed by atoms with Crippen LogP contribution in [0.2, 0.25) is 0 Å². The van der Waals surface area contributed by atoms with E-state index in [1.807, 2.05) is 79.7 Å². The number of nitrogens with one attached hydrogen (secondary N) is 2. The van der Waals surface area contributed by atoms with E-state index in [4.69, 9.17) is 0 Å². The van der Waals surface area contributed by atoms with Crippen molar-refractivity contribution in [2.24, 2.45) is 0 Å². The summed E-state index contributed by atoms with van der Waals surface area (Å²) in [4.78, 5) is 17.0. The molecule has 0 fully saturated rings. The molecular weight excluding hydrogens is 322 g/mol. The Labute approximate surface area is 154 Å². The van der Waals surface area contributed by atoms with E-state index in [1.54, 1.807) is 0 Å². The van der Waals surface area contributed by atoms with Gasteiger partial charge in [-0.25, -0.2) is 0 Å². The van der Waals surface area contributed by atoms with Gasteiger partial charge in [-0.2, -0.15) is 0 Å². The number of hydrogen-bond donors (Lipinski definition) is 2. The fraction of sp³-hybridized carbons (Fsp3) is 0.182. The Bertz CT molecular complexity index is 848. The molecular formula is C22H23N3O. The van der Waals surface area contributed by atoms with Crippen molar-refractivity contribution in [3.05, 3.63) is 84.1 Å². The minimum Gasteiger partial charge on any atom is -0.385 e. The minimum atomic E-state index is -0.0747. The summed E-state index contributed by atoms with van der Waals surface area (Å²) in [7, 11) is 0. The molecule has 132 valence electrons. The van der Waals surface area contributed by atoms with Gasteiger partial charge < -0.3 is 10.6 Å². The molecule has 0 atom stereocenters. The maximum atomic E-state index is 12.4. The predicted molar refractivity (Wildman–Crippen MR) is 106 cm³/mol. The normalized spacial score (nSPS) is 10.3. The Balaban J connectivity index is 1.50. The van der Waals surface area contributed by atoms with Gasteiger partial charge in [0, 0.05) is 24.3 Å². The molecule has 3 rings (SSSR count). The number of carbonyl (C=O) groups excluding carboxylic acids is 1. The molecule has 0 radical (unpaired) electrons. The lowest BCUT2D eigenvalue weighted by molar-refractivity contribution is 0.0952. The molecule has 0 aliphatic heterocycles. The zero-order valence-corrected chi connectivity index (χ0v) is 14.9. The van der Waals surface area contributed by atoms with Crippen LogP contribution in [-0.2, 0) is 0 Å². The number of carbonyl (C=O) groups is 1. The van der Waals surface area contributed by atoms with Gasteiger partial charge in [0.05, 0.1) is 17.0 Å². The van der Waals surface area contributed by atoms with Crippen molar-refractivity contribution in [3.63, 3.8) is 0 Å². The van der Waals surface area contributed by atoms with Crippen LogP contribution < -0.4 is 10.6 Å². The topological polar surface area (TPSA) is 54.0 Å². The molecule has 0 unspecified atom stereocenters. The Morgan fingerprint density at radius 3 is 2.27 bits per heavy atom. The van der Waals surface area contributed by atoms with Crippen LogP contribution in [0, 0.1) is 6.92 Å². The van der Waals surface area contributed by atoms with E-state index < -0.39 is 0 Å². The highest BCUT2D eigenvalue weighted by Gasteiger charge is 2.10. The third-order valence-corrected chi connectivity index (χ3v) is 4.14. The molecule has 4 heteroatoms. The third kappa shape index (κ3) is 4.70. The average molecular weight is 345 g/mol. The molecule has 0 bridgehead atoms. The summed E-state index contributed by atoms with van der Waals surface area (Å²) in [5, 5.41) is 6.30. The van der Waals surface area contributed by atoms with Crippen LogP contribution in [0.5, 0.6) is 0 Å². The lowest BCUT2D eigenvalue weighted by atomic mass is 10.1. The van der Waals surface area contributed by atoms with Gasteiger partial charge in [-0.05, 0) is 37.6 Å². The summed E-state index contributed by atoms with van der Waals surface area (Å²) in [5.41, 5.74) is 4.39. The number of aromatic nitrogens is 1. The molecule has 3 aromatic rings. The smallest absolute Gasteiger partial charge is 0.253 e. The predicted octanol–water partition coefficient (Wildman–Crippen LogP) is 4.29. The first-order valence-corrected chi connectivity index (χ1v) is 8.84.